The lowest BCUT2D eigenvalue weighted by molar-refractivity contribution is -0.386. The zero-order valence-corrected chi connectivity index (χ0v) is 15.0. The number of hydrogen-bond acceptors (Lipinski definition) is 6. The summed E-state index contributed by atoms with van der Waals surface area (Å²) in [5.41, 5.74) is -1.11. The molecule has 0 bridgehead atoms. The standard InChI is InChI=1S/C16H14F5N3O3S/c17-15(18)27-12-6-10(3-4-11(12)24(25)26)23-5-1-2-9(7-23)14-22-13(8-28-14)16(19,20)21/h3-4,6,8-9,15H,1-2,5,7H2. The van der Waals surface area contributed by atoms with Gasteiger partial charge in [-0.15, -0.1) is 11.3 Å². The van der Waals surface area contributed by atoms with Gasteiger partial charge in [-0.2, -0.15) is 22.0 Å². The van der Waals surface area contributed by atoms with E-state index in [-0.39, 0.29) is 5.92 Å². The second kappa shape index (κ2) is 7.86. The van der Waals surface area contributed by atoms with E-state index in [2.05, 4.69) is 9.72 Å². The van der Waals surface area contributed by atoms with E-state index in [1.165, 1.54) is 6.07 Å². The average Bonchev–Trinajstić information content (AvgIpc) is 3.11. The van der Waals surface area contributed by atoms with E-state index in [1.807, 2.05) is 0 Å². The number of anilines is 1. The van der Waals surface area contributed by atoms with Crippen molar-refractivity contribution in [2.45, 2.75) is 31.5 Å². The topological polar surface area (TPSA) is 68.5 Å². The van der Waals surface area contributed by atoms with Crippen molar-refractivity contribution in [3.63, 3.8) is 0 Å². The molecular formula is C16H14F5N3O3S. The highest BCUT2D eigenvalue weighted by Crippen LogP contribution is 2.38. The first kappa shape index (κ1) is 20.2. The van der Waals surface area contributed by atoms with E-state index < -0.39 is 34.8 Å². The number of alkyl halides is 5. The Hall–Kier alpha value is -2.50. The highest BCUT2D eigenvalue weighted by molar-refractivity contribution is 7.09. The van der Waals surface area contributed by atoms with Crippen molar-refractivity contribution in [3.8, 4) is 5.75 Å². The minimum atomic E-state index is -4.51. The van der Waals surface area contributed by atoms with Crippen LogP contribution in [0.3, 0.4) is 0 Å². The van der Waals surface area contributed by atoms with Crippen LogP contribution < -0.4 is 9.64 Å². The number of nitro groups is 1. The first-order chi connectivity index (χ1) is 13.1. The van der Waals surface area contributed by atoms with E-state index in [9.17, 15) is 32.1 Å². The molecule has 0 amide bonds. The predicted octanol–water partition coefficient (Wildman–Crippen LogP) is 5.06. The minimum Gasteiger partial charge on any atom is -0.427 e. The van der Waals surface area contributed by atoms with Crippen LogP contribution in [-0.2, 0) is 6.18 Å². The van der Waals surface area contributed by atoms with Gasteiger partial charge in [0.1, 0.15) is 0 Å². The van der Waals surface area contributed by atoms with Crippen LogP contribution in [0.5, 0.6) is 5.75 Å². The summed E-state index contributed by atoms with van der Waals surface area (Å²) in [6.07, 6.45) is -3.23. The molecule has 12 heteroatoms. The quantitative estimate of drug-likeness (QED) is 0.382. The van der Waals surface area contributed by atoms with Gasteiger partial charge in [-0.25, -0.2) is 4.98 Å². The molecule has 152 valence electrons. The summed E-state index contributed by atoms with van der Waals surface area (Å²) < 4.78 is 67.7. The Kier molecular flexibility index (Phi) is 5.68. The molecule has 0 aliphatic carbocycles. The van der Waals surface area contributed by atoms with Crippen LogP contribution in [-0.4, -0.2) is 29.6 Å². The van der Waals surface area contributed by atoms with Gasteiger partial charge in [0.15, 0.2) is 5.69 Å². The van der Waals surface area contributed by atoms with Crippen molar-refractivity contribution in [3.05, 3.63) is 44.4 Å². The third-order valence-corrected chi connectivity index (χ3v) is 5.31. The van der Waals surface area contributed by atoms with E-state index in [1.54, 1.807) is 4.90 Å². The van der Waals surface area contributed by atoms with E-state index in [0.29, 0.717) is 36.6 Å². The Morgan fingerprint density at radius 3 is 2.71 bits per heavy atom. The van der Waals surface area contributed by atoms with Gasteiger partial charge in [0.25, 0.3) is 0 Å². The van der Waals surface area contributed by atoms with Crippen molar-refractivity contribution in [2.75, 3.05) is 18.0 Å². The summed E-state index contributed by atoms with van der Waals surface area (Å²) in [5.74, 6) is -0.822. The van der Waals surface area contributed by atoms with Crippen molar-refractivity contribution < 1.29 is 31.6 Å². The summed E-state index contributed by atoms with van der Waals surface area (Å²) >= 11 is 0.927. The van der Waals surface area contributed by atoms with Gasteiger partial charge in [-0.1, -0.05) is 0 Å². The molecule has 0 spiro atoms. The van der Waals surface area contributed by atoms with Crippen LogP contribution in [0.25, 0.3) is 0 Å². The number of nitrogens with zero attached hydrogens (tertiary/aromatic N) is 3. The Bertz CT molecular complexity index is 858. The Balaban J connectivity index is 1.82. The molecule has 1 fully saturated rings. The molecule has 2 aromatic rings. The molecule has 1 aliphatic rings. The lowest BCUT2D eigenvalue weighted by atomic mass is 9.98. The van der Waals surface area contributed by atoms with Gasteiger partial charge in [-0.3, -0.25) is 10.1 Å². The fourth-order valence-corrected chi connectivity index (χ4v) is 4.01. The maximum Gasteiger partial charge on any atom is 0.434 e. The van der Waals surface area contributed by atoms with E-state index in [4.69, 9.17) is 0 Å². The van der Waals surface area contributed by atoms with Crippen molar-refractivity contribution in [1.82, 2.24) is 4.98 Å². The number of halogens is 5. The molecule has 1 atom stereocenters. The second-order valence-electron chi connectivity index (χ2n) is 6.14. The third-order valence-electron chi connectivity index (χ3n) is 4.30. The van der Waals surface area contributed by atoms with Gasteiger partial charge >= 0.3 is 18.5 Å². The summed E-state index contributed by atoms with van der Waals surface area (Å²) in [7, 11) is 0. The summed E-state index contributed by atoms with van der Waals surface area (Å²) in [5, 5.41) is 12.3. The van der Waals surface area contributed by atoms with E-state index in [0.717, 1.165) is 28.8 Å². The van der Waals surface area contributed by atoms with Gasteiger partial charge in [-0.05, 0) is 18.9 Å². The summed E-state index contributed by atoms with van der Waals surface area (Å²) in [6, 6.07) is 3.62. The van der Waals surface area contributed by atoms with Crippen LogP contribution in [0, 0.1) is 10.1 Å². The number of aromatic nitrogens is 1. The fourth-order valence-electron chi connectivity index (χ4n) is 3.06. The highest BCUT2D eigenvalue weighted by Gasteiger charge is 2.35. The number of piperidine rings is 1. The van der Waals surface area contributed by atoms with Gasteiger partial charge in [0.2, 0.25) is 5.75 Å². The van der Waals surface area contributed by atoms with Crippen LogP contribution in [0.1, 0.15) is 29.5 Å². The second-order valence-corrected chi connectivity index (χ2v) is 7.03. The first-order valence-corrected chi connectivity index (χ1v) is 9.04. The van der Waals surface area contributed by atoms with Crippen LogP contribution in [0.4, 0.5) is 33.3 Å². The molecule has 0 radical (unpaired) electrons. The molecule has 0 N–H and O–H groups in total. The van der Waals surface area contributed by atoms with Crippen molar-refractivity contribution in [1.29, 1.82) is 0 Å². The smallest absolute Gasteiger partial charge is 0.427 e. The summed E-state index contributed by atoms with van der Waals surface area (Å²) in [4.78, 5) is 15.6. The number of rotatable bonds is 5. The lowest BCUT2D eigenvalue weighted by Crippen LogP contribution is -2.34. The van der Waals surface area contributed by atoms with Gasteiger partial charge < -0.3 is 9.64 Å². The molecule has 0 saturated carbocycles. The zero-order valence-electron chi connectivity index (χ0n) is 14.2. The molecular weight excluding hydrogens is 409 g/mol. The maximum atomic E-state index is 12.8. The number of benzene rings is 1. The Morgan fingerprint density at radius 1 is 1.36 bits per heavy atom. The van der Waals surface area contributed by atoms with Gasteiger partial charge in [0, 0.05) is 42.2 Å². The Morgan fingerprint density at radius 2 is 2.11 bits per heavy atom. The zero-order chi connectivity index (χ0) is 20.5. The lowest BCUT2D eigenvalue weighted by Gasteiger charge is -2.33. The number of hydrogen-bond donors (Lipinski definition) is 0. The molecule has 6 nitrogen and oxygen atoms in total. The van der Waals surface area contributed by atoms with Crippen molar-refractivity contribution >= 4 is 22.7 Å². The largest absolute Gasteiger partial charge is 0.434 e. The molecule has 1 aromatic carbocycles. The highest BCUT2D eigenvalue weighted by atomic mass is 32.1. The van der Waals surface area contributed by atoms with Crippen LogP contribution in [0.15, 0.2) is 23.6 Å². The first-order valence-electron chi connectivity index (χ1n) is 8.16. The minimum absolute atomic E-state index is 0.260. The number of ether oxygens (including phenoxy) is 1. The van der Waals surface area contributed by atoms with Crippen LogP contribution >= 0.6 is 11.3 Å². The fraction of sp³-hybridized carbons (Fsp3) is 0.438. The SMILES string of the molecule is O=[N+]([O-])c1ccc(N2CCCC(c3nc(C(F)(F)F)cs3)C2)cc1OC(F)F. The normalized spacial score (nSPS) is 17.8. The molecule has 1 unspecified atom stereocenters. The molecule has 1 aromatic heterocycles. The van der Waals surface area contributed by atoms with E-state index >= 15 is 0 Å². The monoisotopic (exact) mass is 423 g/mol. The summed E-state index contributed by atoms with van der Waals surface area (Å²) in [6.45, 7) is -2.38. The van der Waals surface area contributed by atoms with Crippen molar-refractivity contribution in [2.24, 2.45) is 0 Å². The van der Waals surface area contributed by atoms with Gasteiger partial charge in [0.05, 0.1) is 9.93 Å². The average molecular weight is 423 g/mol. The maximum absolute atomic E-state index is 12.8. The van der Waals surface area contributed by atoms with Crippen LogP contribution in [0.2, 0.25) is 0 Å². The molecule has 3 rings (SSSR count). The molecule has 1 aliphatic heterocycles. The molecule has 1 saturated heterocycles. The third kappa shape index (κ3) is 4.49. The predicted molar refractivity (Wildman–Crippen MR) is 91.0 cm³/mol. The number of thiazole rings is 1. The Labute approximate surface area is 159 Å². The molecule has 2 heterocycles. The molecule has 28 heavy (non-hydrogen) atoms. The number of nitro benzene ring substituents is 1.